The van der Waals surface area contributed by atoms with E-state index in [1.165, 1.54) is 11.1 Å². The van der Waals surface area contributed by atoms with Gasteiger partial charge in [-0.3, -0.25) is 0 Å². The predicted octanol–water partition coefficient (Wildman–Crippen LogP) is 3.73. The Morgan fingerprint density at radius 1 is 1.30 bits per heavy atom. The van der Waals surface area contributed by atoms with Crippen LogP contribution in [-0.4, -0.2) is 29.8 Å². The summed E-state index contributed by atoms with van der Waals surface area (Å²) in [6.45, 7) is 5.70. The van der Waals surface area contributed by atoms with Gasteiger partial charge in [-0.15, -0.1) is 24.0 Å². The van der Waals surface area contributed by atoms with Crippen LogP contribution in [0.2, 0.25) is 0 Å². The topological polar surface area (TPSA) is 56.7 Å². The number of aliphatic imine (C=N–C) groups is 1. The number of aliphatic hydroxyl groups excluding tert-OH is 1. The van der Waals surface area contributed by atoms with Crippen molar-refractivity contribution in [2.24, 2.45) is 4.99 Å². The van der Waals surface area contributed by atoms with Crippen LogP contribution in [0.5, 0.6) is 0 Å². The summed E-state index contributed by atoms with van der Waals surface area (Å²) >= 11 is 3.49. The summed E-state index contributed by atoms with van der Waals surface area (Å²) in [5, 5.41) is 16.4. The van der Waals surface area contributed by atoms with Crippen molar-refractivity contribution in [2.45, 2.75) is 58.2 Å². The van der Waals surface area contributed by atoms with Gasteiger partial charge in [-0.2, -0.15) is 0 Å². The Bertz CT molecular complexity index is 517. The zero-order chi connectivity index (χ0) is 15.9. The Balaban J connectivity index is 0.00000264. The molecular weight excluding hydrogens is 469 g/mol. The second kappa shape index (κ2) is 10.5. The van der Waals surface area contributed by atoms with E-state index in [1.54, 1.807) is 0 Å². The smallest absolute Gasteiger partial charge is 0.191 e. The van der Waals surface area contributed by atoms with Gasteiger partial charge in [-0.1, -0.05) is 22.0 Å². The number of benzene rings is 1. The molecule has 0 heterocycles. The summed E-state index contributed by atoms with van der Waals surface area (Å²) in [5.74, 6) is 0.867. The second-order valence-electron chi connectivity index (χ2n) is 5.92. The van der Waals surface area contributed by atoms with Crippen LogP contribution in [-0.2, 0) is 6.54 Å². The first kappa shape index (κ1) is 20.7. The summed E-state index contributed by atoms with van der Waals surface area (Å²) in [6.07, 6.45) is 3.64. The molecule has 0 aliphatic heterocycles. The summed E-state index contributed by atoms with van der Waals surface area (Å²) in [6, 6.07) is 6.70. The maximum Gasteiger partial charge on any atom is 0.191 e. The summed E-state index contributed by atoms with van der Waals surface area (Å²) in [4.78, 5) is 4.70. The largest absolute Gasteiger partial charge is 0.393 e. The maximum absolute atomic E-state index is 9.59. The van der Waals surface area contributed by atoms with Crippen LogP contribution < -0.4 is 10.6 Å². The molecule has 1 aliphatic carbocycles. The molecule has 0 aromatic heterocycles. The molecule has 1 aromatic rings. The van der Waals surface area contributed by atoms with Crippen molar-refractivity contribution in [1.29, 1.82) is 0 Å². The second-order valence-corrected chi connectivity index (χ2v) is 6.83. The van der Waals surface area contributed by atoms with Crippen LogP contribution in [0.25, 0.3) is 0 Å². The molecule has 1 saturated carbocycles. The SMILES string of the molecule is CCNC(=NCc1ccc(Br)cc1C)NC1CCC(O)CC1.I. The molecule has 23 heavy (non-hydrogen) atoms. The third kappa shape index (κ3) is 6.97. The third-order valence-corrected chi connectivity index (χ3v) is 4.59. The minimum absolute atomic E-state index is 0. The van der Waals surface area contributed by atoms with E-state index in [2.05, 4.69) is 58.6 Å². The van der Waals surface area contributed by atoms with Gasteiger partial charge in [0, 0.05) is 17.1 Å². The number of hydrogen-bond acceptors (Lipinski definition) is 2. The van der Waals surface area contributed by atoms with Gasteiger partial charge < -0.3 is 15.7 Å². The predicted molar refractivity (Wildman–Crippen MR) is 111 cm³/mol. The van der Waals surface area contributed by atoms with Crippen molar-refractivity contribution < 1.29 is 5.11 Å². The highest BCUT2D eigenvalue weighted by Crippen LogP contribution is 2.19. The van der Waals surface area contributed by atoms with E-state index in [-0.39, 0.29) is 30.1 Å². The van der Waals surface area contributed by atoms with Gasteiger partial charge in [0.1, 0.15) is 0 Å². The molecule has 130 valence electrons. The molecule has 0 saturated heterocycles. The van der Waals surface area contributed by atoms with Gasteiger partial charge in [-0.05, 0) is 62.8 Å². The van der Waals surface area contributed by atoms with Gasteiger partial charge in [0.25, 0.3) is 0 Å². The standard InChI is InChI=1S/C17H26BrN3O.HI/c1-3-19-17(21-15-6-8-16(22)9-7-15)20-11-13-4-5-14(18)10-12(13)2;/h4-5,10,15-16,22H,3,6-9,11H2,1-2H3,(H2,19,20,21);1H. The monoisotopic (exact) mass is 495 g/mol. The highest BCUT2D eigenvalue weighted by atomic mass is 127. The van der Waals surface area contributed by atoms with Crippen LogP contribution in [0.4, 0.5) is 0 Å². The number of nitrogens with one attached hydrogen (secondary N) is 2. The highest BCUT2D eigenvalue weighted by Gasteiger charge is 2.19. The molecule has 0 bridgehead atoms. The van der Waals surface area contributed by atoms with Crippen molar-refractivity contribution in [1.82, 2.24) is 10.6 Å². The molecule has 0 atom stereocenters. The normalized spacial score (nSPS) is 21.5. The average molecular weight is 496 g/mol. The van der Waals surface area contributed by atoms with E-state index in [0.717, 1.165) is 42.7 Å². The van der Waals surface area contributed by atoms with E-state index in [9.17, 15) is 5.11 Å². The molecule has 1 aliphatic rings. The summed E-state index contributed by atoms with van der Waals surface area (Å²) in [7, 11) is 0. The molecular formula is C17H27BrIN3O. The average Bonchev–Trinajstić information content (AvgIpc) is 2.48. The van der Waals surface area contributed by atoms with E-state index in [0.29, 0.717) is 12.6 Å². The lowest BCUT2D eigenvalue weighted by molar-refractivity contribution is 0.120. The number of rotatable bonds is 4. The van der Waals surface area contributed by atoms with Crippen molar-refractivity contribution in [3.63, 3.8) is 0 Å². The van der Waals surface area contributed by atoms with Gasteiger partial charge in [0.2, 0.25) is 0 Å². The van der Waals surface area contributed by atoms with Crippen LogP contribution in [0.3, 0.4) is 0 Å². The van der Waals surface area contributed by atoms with Crippen LogP contribution in [0.1, 0.15) is 43.7 Å². The Morgan fingerprint density at radius 2 is 2.00 bits per heavy atom. The van der Waals surface area contributed by atoms with Gasteiger partial charge >= 0.3 is 0 Å². The summed E-state index contributed by atoms with van der Waals surface area (Å²) in [5.41, 5.74) is 2.48. The highest BCUT2D eigenvalue weighted by molar-refractivity contribution is 14.0. The maximum atomic E-state index is 9.59. The lowest BCUT2D eigenvalue weighted by atomic mass is 9.93. The molecule has 4 nitrogen and oxygen atoms in total. The van der Waals surface area contributed by atoms with Crippen molar-refractivity contribution in [3.05, 3.63) is 33.8 Å². The zero-order valence-electron chi connectivity index (χ0n) is 13.8. The van der Waals surface area contributed by atoms with E-state index in [4.69, 9.17) is 4.99 Å². The minimum atomic E-state index is -0.122. The molecule has 2 rings (SSSR count). The van der Waals surface area contributed by atoms with Crippen molar-refractivity contribution in [2.75, 3.05) is 6.54 Å². The number of nitrogens with zero attached hydrogens (tertiary/aromatic N) is 1. The molecule has 0 unspecified atom stereocenters. The fourth-order valence-electron chi connectivity index (χ4n) is 2.73. The first-order valence-electron chi connectivity index (χ1n) is 8.06. The van der Waals surface area contributed by atoms with Crippen LogP contribution in [0, 0.1) is 6.92 Å². The first-order valence-corrected chi connectivity index (χ1v) is 8.85. The molecule has 1 aromatic carbocycles. The quantitative estimate of drug-likeness (QED) is 0.339. The minimum Gasteiger partial charge on any atom is -0.393 e. The van der Waals surface area contributed by atoms with E-state index >= 15 is 0 Å². The first-order chi connectivity index (χ1) is 10.6. The van der Waals surface area contributed by atoms with Crippen LogP contribution in [0.15, 0.2) is 27.7 Å². The molecule has 1 fully saturated rings. The van der Waals surface area contributed by atoms with Crippen molar-refractivity contribution >= 4 is 45.9 Å². The molecule has 0 spiro atoms. The number of guanidine groups is 1. The Hall–Kier alpha value is -0.340. The Morgan fingerprint density at radius 3 is 2.61 bits per heavy atom. The molecule has 0 radical (unpaired) electrons. The number of aryl methyl sites for hydroxylation is 1. The third-order valence-electron chi connectivity index (χ3n) is 4.09. The Kier molecular flexibility index (Phi) is 9.46. The molecule has 6 heteroatoms. The lowest BCUT2D eigenvalue weighted by Gasteiger charge is -2.27. The molecule has 0 amide bonds. The summed E-state index contributed by atoms with van der Waals surface area (Å²) < 4.78 is 1.10. The van der Waals surface area contributed by atoms with Crippen molar-refractivity contribution in [3.8, 4) is 0 Å². The number of halogens is 2. The van der Waals surface area contributed by atoms with Crippen LogP contribution >= 0.6 is 39.9 Å². The molecule has 3 N–H and O–H groups in total. The Labute approximate surface area is 164 Å². The lowest BCUT2D eigenvalue weighted by Crippen LogP contribution is -2.45. The fraction of sp³-hybridized carbons (Fsp3) is 0.588. The zero-order valence-corrected chi connectivity index (χ0v) is 17.7. The van der Waals surface area contributed by atoms with Gasteiger partial charge in [0.15, 0.2) is 5.96 Å². The number of aliphatic hydroxyl groups is 1. The van der Waals surface area contributed by atoms with Gasteiger partial charge in [-0.25, -0.2) is 4.99 Å². The van der Waals surface area contributed by atoms with E-state index in [1.807, 2.05) is 0 Å². The van der Waals surface area contributed by atoms with Gasteiger partial charge in [0.05, 0.1) is 12.6 Å². The number of hydrogen-bond donors (Lipinski definition) is 3. The van der Waals surface area contributed by atoms with E-state index < -0.39 is 0 Å². The fourth-order valence-corrected chi connectivity index (χ4v) is 3.21.